The van der Waals surface area contributed by atoms with Gasteiger partial charge in [-0.3, -0.25) is 9.52 Å². The van der Waals surface area contributed by atoms with Crippen LogP contribution in [0.5, 0.6) is 0 Å². The predicted molar refractivity (Wildman–Crippen MR) is 135 cm³/mol. The van der Waals surface area contributed by atoms with Crippen LogP contribution in [0.15, 0.2) is 71.2 Å². The molecule has 0 spiro atoms. The first kappa shape index (κ1) is 23.3. The van der Waals surface area contributed by atoms with E-state index in [1.807, 2.05) is 28.7 Å². The maximum absolute atomic E-state index is 13.5. The van der Waals surface area contributed by atoms with Crippen LogP contribution in [0.2, 0.25) is 0 Å². The van der Waals surface area contributed by atoms with Crippen LogP contribution in [-0.4, -0.2) is 54.5 Å². The number of piperazine rings is 1. The average Bonchev–Trinajstić information content (AvgIpc) is 3.48. The van der Waals surface area contributed by atoms with Crippen LogP contribution in [0.3, 0.4) is 0 Å². The molecular formula is C24H24FN5O3S2. The van der Waals surface area contributed by atoms with Crippen LogP contribution in [-0.2, 0) is 21.4 Å². The van der Waals surface area contributed by atoms with Gasteiger partial charge in [0, 0.05) is 60.0 Å². The molecule has 11 heteroatoms. The highest BCUT2D eigenvalue weighted by Gasteiger charge is 2.28. The van der Waals surface area contributed by atoms with Crippen molar-refractivity contribution in [2.75, 3.05) is 29.3 Å². The summed E-state index contributed by atoms with van der Waals surface area (Å²) in [6.45, 7) is 4.02. The molecule has 0 aliphatic carbocycles. The van der Waals surface area contributed by atoms with E-state index >= 15 is 0 Å². The summed E-state index contributed by atoms with van der Waals surface area (Å²) >= 11 is 1.22. The van der Waals surface area contributed by atoms with E-state index in [1.165, 1.54) is 23.5 Å². The molecule has 1 amide bonds. The average molecular weight is 514 g/mol. The van der Waals surface area contributed by atoms with Gasteiger partial charge in [-0.25, -0.2) is 17.8 Å². The van der Waals surface area contributed by atoms with E-state index in [-0.39, 0.29) is 29.2 Å². The van der Waals surface area contributed by atoms with Gasteiger partial charge in [0.15, 0.2) is 5.13 Å². The van der Waals surface area contributed by atoms with Gasteiger partial charge >= 0.3 is 0 Å². The van der Waals surface area contributed by atoms with Gasteiger partial charge in [-0.2, -0.15) is 0 Å². The monoisotopic (exact) mass is 513 g/mol. The fourth-order valence-corrected chi connectivity index (χ4v) is 6.18. The number of sulfonamides is 1. The largest absolute Gasteiger partial charge is 0.368 e. The van der Waals surface area contributed by atoms with Crippen LogP contribution >= 0.6 is 11.3 Å². The second-order valence-electron chi connectivity index (χ2n) is 8.47. The number of aromatic nitrogens is 2. The number of carbonyl (C=O) groups is 1. The molecule has 3 heterocycles. The Morgan fingerprint density at radius 2 is 1.97 bits per heavy atom. The molecule has 1 saturated heterocycles. The summed E-state index contributed by atoms with van der Waals surface area (Å²) in [5.74, 6) is -0.290. The molecule has 1 unspecified atom stereocenters. The number of fused-ring (bicyclic) bond motifs is 1. The fourth-order valence-electron chi connectivity index (χ4n) is 4.39. The number of hydrogen-bond donors (Lipinski definition) is 1. The first-order valence-electron chi connectivity index (χ1n) is 11.1. The van der Waals surface area contributed by atoms with Crippen molar-refractivity contribution in [3.63, 3.8) is 0 Å². The van der Waals surface area contributed by atoms with Crippen LogP contribution in [0.4, 0.5) is 15.2 Å². The molecule has 8 nitrogen and oxygen atoms in total. The summed E-state index contributed by atoms with van der Waals surface area (Å²) in [5.41, 5.74) is 1.72. The number of nitrogens with zero attached hydrogens (tertiary/aromatic N) is 4. The standard InChI is InChI=1S/C24H24FN5O3S2/c1-17-15-28(20-3-5-21(6-4-20)35(32,33)27-24-26-9-13-34-24)11-12-30(17)23(31)16-29-10-8-18-14-19(25)2-7-22(18)29/h2-10,13-14,17H,11-12,15-16H2,1H3,(H,26,27). The van der Waals surface area contributed by atoms with Crippen molar-refractivity contribution in [3.8, 4) is 0 Å². The normalized spacial score (nSPS) is 16.6. The summed E-state index contributed by atoms with van der Waals surface area (Å²) in [7, 11) is -3.70. The smallest absolute Gasteiger partial charge is 0.263 e. The van der Waals surface area contributed by atoms with E-state index in [9.17, 15) is 17.6 Å². The number of amides is 1. The molecule has 1 fully saturated rings. The third-order valence-electron chi connectivity index (χ3n) is 6.15. The molecule has 5 rings (SSSR count). The number of nitrogens with one attached hydrogen (secondary N) is 1. The summed E-state index contributed by atoms with van der Waals surface area (Å²) in [5, 5.41) is 2.79. The second-order valence-corrected chi connectivity index (χ2v) is 11.0. The Hall–Kier alpha value is -3.44. The number of carbonyl (C=O) groups excluding carboxylic acids is 1. The van der Waals surface area contributed by atoms with Crippen LogP contribution in [0.1, 0.15) is 6.92 Å². The van der Waals surface area contributed by atoms with E-state index in [0.29, 0.717) is 24.8 Å². The molecule has 1 atom stereocenters. The van der Waals surface area contributed by atoms with Gasteiger partial charge in [0.1, 0.15) is 12.4 Å². The lowest BCUT2D eigenvalue weighted by molar-refractivity contribution is -0.134. The molecule has 1 aliphatic heterocycles. The van der Waals surface area contributed by atoms with Gasteiger partial charge in [-0.15, -0.1) is 11.3 Å². The summed E-state index contributed by atoms with van der Waals surface area (Å²) in [4.78, 5) is 21.2. The second kappa shape index (κ2) is 9.31. The SMILES string of the molecule is CC1CN(c2ccc(S(=O)(=O)Nc3nccs3)cc2)CCN1C(=O)Cn1ccc2cc(F)ccc21. The van der Waals surface area contributed by atoms with Crippen molar-refractivity contribution in [1.29, 1.82) is 0 Å². The van der Waals surface area contributed by atoms with E-state index in [1.54, 1.807) is 41.9 Å². The molecule has 2 aromatic carbocycles. The Kier molecular flexibility index (Phi) is 6.20. The third kappa shape index (κ3) is 4.87. The Morgan fingerprint density at radius 1 is 1.17 bits per heavy atom. The van der Waals surface area contributed by atoms with E-state index in [4.69, 9.17) is 0 Å². The number of halogens is 1. The van der Waals surface area contributed by atoms with Crippen molar-refractivity contribution in [2.45, 2.75) is 24.4 Å². The Labute approximate surface area is 206 Å². The fraction of sp³-hybridized carbons (Fsp3) is 0.250. The van der Waals surface area contributed by atoms with Gasteiger partial charge in [0.25, 0.3) is 10.0 Å². The van der Waals surface area contributed by atoms with Crippen molar-refractivity contribution in [1.82, 2.24) is 14.5 Å². The lowest BCUT2D eigenvalue weighted by Gasteiger charge is -2.41. The molecule has 0 saturated carbocycles. The van der Waals surface area contributed by atoms with E-state index in [0.717, 1.165) is 16.6 Å². The zero-order valence-corrected chi connectivity index (χ0v) is 20.6. The van der Waals surface area contributed by atoms with Crippen molar-refractivity contribution >= 4 is 49.0 Å². The lowest BCUT2D eigenvalue weighted by atomic mass is 10.1. The molecule has 35 heavy (non-hydrogen) atoms. The highest BCUT2D eigenvalue weighted by atomic mass is 32.2. The van der Waals surface area contributed by atoms with Crippen molar-refractivity contribution < 1.29 is 17.6 Å². The molecular weight excluding hydrogens is 489 g/mol. The van der Waals surface area contributed by atoms with Gasteiger partial charge in [0.05, 0.1) is 4.90 Å². The zero-order valence-electron chi connectivity index (χ0n) is 19.0. The minimum Gasteiger partial charge on any atom is -0.368 e. The molecule has 0 radical (unpaired) electrons. The molecule has 0 bridgehead atoms. The summed E-state index contributed by atoms with van der Waals surface area (Å²) < 4.78 is 42.9. The van der Waals surface area contributed by atoms with Crippen LogP contribution in [0.25, 0.3) is 10.9 Å². The lowest BCUT2D eigenvalue weighted by Crippen LogP contribution is -2.54. The number of hydrogen-bond acceptors (Lipinski definition) is 6. The number of benzene rings is 2. The zero-order chi connectivity index (χ0) is 24.6. The Bertz CT molecular complexity index is 1450. The number of thiazole rings is 1. The number of anilines is 2. The van der Waals surface area contributed by atoms with Crippen molar-refractivity contribution in [2.24, 2.45) is 0 Å². The Morgan fingerprint density at radius 3 is 2.69 bits per heavy atom. The highest BCUT2D eigenvalue weighted by molar-refractivity contribution is 7.93. The van der Waals surface area contributed by atoms with E-state index < -0.39 is 10.0 Å². The predicted octanol–water partition coefficient (Wildman–Crippen LogP) is 3.78. The Balaban J connectivity index is 1.22. The topological polar surface area (TPSA) is 87.5 Å². The molecule has 2 aromatic heterocycles. The minimum absolute atomic E-state index is 0.00803. The quantitative estimate of drug-likeness (QED) is 0.424. The van der Waals surface area contributed by atoms with E-state index in [2.05, 4.69) is 14.6 Å². The van der Waals surface area contributed by atoms with Gasteiger partial charge in [0.2, 0.25) is 5.91 Å². The summed E-state index contributed by atoms with van der Waals surface area (Å²) in [6, 6.07) is 13.1. The molecule has 4 aromatic rings. The first-order valence-corrected chi connectivity index (χ1v) is 13.5. The van der Waals surface area contributed by atoms with Gasteiger partial charge < -0.3 is 14.4 Å². The first-order chi connectivity index (χ1) is 16.8. The maximum Gasteiger partial charge on any atom is 0.263 e. The summed E-state index contributed by atoms with van der Waals surface area (Å²) in [6.07, 6.45) is 3.35. The number of rotatable bonds is 6. The maximum atomic E-state index is 13.5. The van der Waals surface area contributed by atoms with Crippen LogP contribution in [0, 0.1) is 5.82 Å². The van der Waals surface area contributed by atoms with Crippen LogP contribution < -0.4 is 9.62 Å². The highest BCUT2D eigenvalue weighted by Crippen LogP contribution is 2.24. The van der Waals surface area contributed by atoms with Crippen molar-refractivity contribution in [3.05, 3.63) is 72.1 Å². The minimum atomic E-state index is -3.70. The molecule has 1 N–H and O–H groups in total. The van der Waals surface area contributed by atoms with Gasteiger partial charge in [-0.05, 0) is 55.5 Å². The third-order valence-corrected chi connectivity index (χ3v) is 8.33. The molecule has 1 aliphatic rings. The molecule has 182 valence electrons. The van der Waals surface area contributed by atoms with Gasteiger partial charge in [-0.1, -0.05) is 0 Å².